The molecule has 3 rings (SSSR count). The molecule has 0 radical (unpaired) electrons. The largest absolute Gasteiger partial charge is 0.361 e. The van der Waals surface area contributed by atoms with Gasteiger partial charge in [0.15, 0.2) is 0 Å². The van der Waals surface area contributed by atoms with E-state index in [0.717, 1.165) is 16.5 Å². The molecule has 4 nitrogen and oxygen atoms in total. The summed E-state index contributed by atoms with van der Waals surface area (Å²) < 4.78 is 11.7. The number of amides is 1. The summed E-state index contributed by atoms with van der Waals surface area (Å²) >= 11 is 0. The first kappa shape index (κ1) is 15.5. The maximum absolute atomic E-state index is 12.7. The highest BCUT2D eigenvalue weighted by atomic mass is 32.2. The smallest absolute Gasteiger partial charge is 0.253 e. The standard InChI is InChI=1S/C18H18N2O2S/c1-23(22)12-16(13-6-3-2-4-7-13)20-18(21)15-9-5-8-14-10-11-19-17(14)15/h2-11,16,19H,12H2,1H3,(H,20,21). The summed E-state index contributed by atoms with van der Waals surface area (Å²) in [5, 5.41) is 4.00. The number of fused-ring (bicyclic) bond motifs is 1. The zero-order valence-electron chi connectivity index (χ0n) is 12.8. The van der Waals surface area contributed by atoms with Crippen LogP contribution in [-0.4, -0.2) is 27.1 Å². The molecule has 2 atom stereocenters. The Morgan fingerprint density at radius 1 is 1.13 bits per heavy atom. The van der Waals surface area contributed by atoms with Crippen LogP contribution in [0.15, 0.2) is 60.8 Å². The number of aromatic amines is 1. The van der Waals surface area contributed by atoms with Crippen LogP contribution in [0, 0.1) is 0 Å². The molecule has 0 saturated heterocycles. The fraction of sp³-hybridized carbons (Fsp3) is 0.167. The van der Waals surface area contributed by atoms with Crippen LogP contribution in [0.2, 0.25) is 0 Å². The van der Waals surface area contributed by atoms with Crippen LogP contribution < -0.4 is 5.32 Å². The Balaban J connectivity index is 1.89. The number of para-hydroxylation sites is 1. The van der Waals surface area contributed by atoms with Crippen molar-refractivity contribution in [1.82, 2.24) is 10.3 Å². The second-order valence-corrected chi connectivity index (χ2v) is 6.90. The van der Waals surface area contributed by atoms with Crippen LogP contribution in [-0.2, 0) is 10.8 Å². The fourth-order valence-corrected chi connectivity index (χ4v) is 3.40. The Hall–Kier alpha value is -2.40. The first-order valence-corrected chi connectivity index (χ1v) is 9.10. The van der Waals surface area contributed by atoms with Crippen LogP contribution in [0.1, 0.15) is 22.0 Å². The molecular weight excluding hydrogens is 308 g/mol. The lowest BCUT2D eigenvalue weighted by Gasteiger charge is -2.18. The zero-order chi connectivity index (χ0) is 16.2. The van der Waals surface area contributed by atoms with Crippen LogP contribution in [0.25, 0.3) is 10.9 Å². The minimum absolute atomic E-state index is 0.169. The lowest BCUT2D eigenvalue weighted by atomic mass is 10.1. The van der Waals surface area contributed by atoms with E-state index in [4.69, 9.17) is 0 Å². The Bertz CT molecular complexity index is 842. The highest BCUT2D eigenvalue weighted by Gasteiger charge is 2.18. The molecule has 23 heavy (non-hydrogen) atoms. The number of aromatic nitrogens is 1. The number of hydrogen-bond donors (Lipinski definition) is 2. The van der Waals surface area contributed by atoms with E-state index in [1.54, 1.807) is 12.3 Å². The van der Waals surface area contributed by atoms with E-state index in [-0.39, 0.29) is 11.9 Å². The molecule has 0 fully saturated rings. The Kier molecular flexibility index (Phi) is 4.57. The van der Waals surface area contributed by atoms with E-state index >= 15 is 0 Å². The second kappa shape index (κ2) is 6.79. The van der Waals surface area contributed by atoms with Crippen LogP contribution in [0.3, 0.4) is 0 Å². The molecule has 0 aliphatic heterocycles. The molecule has 3 aromatic rings. The summed E-state index contributed by atoms with van der Waals surface area (Å²) in [4.78, 5) is 15.8. The predicted molar refractivity (Wildman–Crippen MR) is 93.9 cm³/mol. The van der Waals surface area contributed by atoms with Gasteiger partial charge in [0.2, 0.25) is 0 Å². The van der Waals surface area contributed by atoms with Gasteiger partial charge in [0.25, 0.3) is 5.91 Å². The highest BCUT2D eigenvalue weighted by Crippen LogP contribution is 2.19. The Labute approximate surface area is 137 Å². The molecule has 0 bridgehead atoms. The minimum atomic E-state index is -1.01. The molecule has 1 amide bonds. The molecule has 2 aromatic carbocycles. The van der Waals surface area contributed by atoms with Crippen molar-refractivity contribution in [2.45, 2.75) is 6.04 Å². The number of carbonyl (C=O) groups is 1. The maximum Gasteiger partial charge on any atom is 0.253 e. The third-order valence-electron chi connectivity index (χ3n) is 3.74. The molecular formula is C18H18N2O2S. The van der Waals surface area contributed by atoms with E-state index in [2.05, 4.69) is 10.3 Å². The number of benzene rings is 2. The molecule has 1 heterocycles. The van der Waals surface area contributed by atoms with E-state index in [1.165, 1.54) is 0 Å². The van der Waals surface area contributed by atoms with Crippen LogP contribution in [0.4, 0.5) is 0 Å². The fourth-order valence-electron chi connectivity index (χ4n) is 2.65. The van der Waals surface area contributed by atoms with E-state index in [0.29, 0.717) is 11.3 Å². The number of nitrogens with one attached hydrogen (secondary N) is 2. The second-order valence-electron chi connectivity index (χ2n) is 5.42. The maximum atomic E-state index is 12.7. The van der Waals surface area contributed by atoms with Crippen molar-refractivity contribution in [2.24, 2.45) is 0 Å². The van der Waals surface area contributed by atoms with Crippen molar-refractivity contribution in [3.63, 3.8) is 0 Å². The molecule has 118 valence electrons. The van der Waals surface area contributed by atoms with E-state index in [1.807, 2.05) is 54.7 Å². The third-order valence-corrected chi connectivity index (χ3v) is 4.54. The van der Waals surface area contributed by atoms with Crippen molar-refractivity contribution in [2.75, 3.05) is 12.0 Å². The summed E-state index contributed by atoms with van der Waals surface area (Å²) in [6.07, 6.45) is 3.46. The van der Waals surface area contributed by atoms with Gasteiger partial charge in [0.1, 0.15) is 0 Å². The summed E-state index contributed by atoms with van der Waals surface area (Å²) in [5.41, 5.74) is 2.36. The predicted octanol–water partition coefficient (Wildman–Crippen LogP) is 3.02. The lowest BCUT2D eigenvalue weighted by molar-refractivity contribution is 0.0942. The Morgan fingerprint density at radius 3 is 2.65 bits per heavy atom. The number of carbonyl (C=O) groups excluding carboxylic acids is 1. The van der Waals surface area contributed by atoms with Gasteiger partial charge in [0.05, 0.1) is 17.1 Å². The summed E-state index contributed by atoms with van der Waals surface area (Å²) in [6.45, 7) is 0. The summed E-state index contributed by atoms with van der Waals surface area (Å²) in [5.74, 6) is 0.216. The molecule has 0 spiro atoms. The van der Waals surface area contributed by atoms with Gasteiger partial charge in [-0.2, -0.15) is 0 Å². The monoisotopic (exact) mass is 326 g/mol. The van der Waals surface area contributed by atoms with Crippen molar-refractivity contribution in [3.05, 3.63) is 71.9 Å². The van der Waals surface area contributed by atoms with E-state index in [9.17, 15) is 9.00 Å². The molecule has 2 unspecified atom stereocenters. The van der Waals surface area contributed by atoms with E-state index < -0.39 is 10.8 Å². The van der Waals surface area contributed by atoms with Gasteiger partial charge in [-0.05, 0) is 17.7 Å². The van der Waals surface area contributed by atoms with Gasteiger partial charge in [0, 0.05) is 34.4 Å². The summed E-state index contributed by atoms with van der Waals surface area (Å²) in [7, 11) is -1.01. The minimum Gasteiger partial charge on any atom is -0.361 e. The van der Waals surface area contributed by atoms with Gasteiger partial charge < -0.3 is 10.3 Å². The average Bonchev–Trinajstić information content (AvgIpc) is 3.03. The van der Waals surface area contributed by atoms with Crippen molar-refractivity contribution in [3.8, 4) is 0 Å². The van der Waals surface area contributed by atoms with Gasteiger partial charge in [-0.25, -0.2) is 0 Å². The first-order chi connectivity index (χ1) is 11.1. The quantitative estimate of drug-likeness (QED) is 0.757. The Morgan fingerprint density at radius 2 is 1.91 bits per heavy atom. The SMILES string of the molecule is CS(=O)CC(NC(=O)c1cccc2cc[nH]c12)c1ccccc1. The molecule has 1 aromatic heterocycles. The number of H-pyrrole nitrogens is 1. The van der Waals surface area contributed by atoms with Crippen LogP contribution in [0.5, 0.6) is 0 Å². The molecule has 0 saturated carbocycles. The van der Waals surface area contributed by atoms with Crippen molar-refractivity contribution < 1.29 is 9.00 Å². The first-order valence-electron chi connectivity index (χ1n) is 7.37. The molecule has 0 aliphatic rings. The third kappa shape index (κ3) is 3.51. The number of rotatable bonds is 5. The average molecular weight is 326 g/mol. The molecule has 0 aliphatic carbocycles. The topological polar surface area (TPSA) is 62.0 Å². The van der Waals surface area contributed by atoms with Crippen molar-refractivity contribution >= 4 is 27.6 Å². The van der Waals surface area contributed by atoms with Gasteiger partial charge in [-0.15, -0.1) is 0 Å². The molecule has 5 heteroatoms. The highest BCUT2D eigenvalue weighted by molar-refractivity contribution is 7.84. The molecule has 2 N–H and O–H groups in total. The van der Waals surface area contributed by atoms with Crippen LogP contribution >= 0.6 is 0 Å². The zero-order valence-corrected chi connectivity index (χ0v) is 13.6. The van der Waals surface area contributed by atoms with Gasteiger partial charge in [-0.3, -0.25) is 9.00 Å². The lowest BCUT2D eigenvalue weighted by Crippen LogP contribution is -2.32. The normalized spacial score (nSPS) is 13.6. The van der Waals surface area contributed by atoms with Gasteiger partial charge in [-0.1, -0.05) is 42.5 Å². The van der Waals surface area contributed by atoms with Crippen molar-refractivity contribution in [1.29, 1.82) is 0 Å². The number of hydrogen-bond acceptors (Lipinski definition) is 2. The van der Waals surface area contributed by atoms with Gasteiger partial charge >= 0.3 is 0 Å². The summed E-state index contributed by atoms with van der Waals surface area (Å²) in [6, 6.07) is 16.9.